The van der Waals surface area contributed by atoms with E-state index in [0.717, 1.165) is 0 Å². The van der Waals surface area contributed by atoms with Gasteiger partial charge in [-0.05, 0) is 32.2 Å². The molecule has 2 aromatic rings. The third-order valence-electron chi connectivity index (χ3n) is 2.48. The van der Waals surface area contributed by atoms with Crippen LogP contribution in [0.15, 0.2) is 23.7 Å². The van der Waals surface area contributed by atoms with E-state index < -0.39 is 0 Å². The SMILES string of the molecule is Cc1cnc(C(C)NC(C)c2cccs2)s1. The van der Waals surface area contributed by atoms with Crippen molar-refractivity contribution in [3.63, 3.8) is 0 Å². The molecule has 2 rings (SSSR count). The summed E-state index contributed by atoms with van der Waals surface area (Å²) in [6.07, 6.45) is 1.94. The van der Waals surface area contributed by atoms with Crippen LogP contribution < -0.4 is 5.32 Å². The van der Waals surface area contributed by atoms with E-state index in [4.69, 9.17) is 0 Å². The van der Waals surface area contributed by atoms with Gasteiger partial charge in [-0.1, -0.05) is 6.07 Å². The third-order valence-corrected chi connectivity index (χ3v) is 4.63. The minimum absolute atomic E-state index is 0.316. The highest BCUT2D eigenvalue weighted by molar-refractivity contribution is 7.11. The van der Waals surface area contributed by atoms with Gasteiger partial charge in [0.2, 0.25) is 0 Å². The second-order valence-corrected chi connectivity index (χ2v) is 6.18. The molecule has 2 aromatic heterocycles. The Morgan fingerprint density at radius 3 is 2.69 bits per heavy atom. The van der Waals surface area contributed by atoms with Crippen LogP contribution in [0.25, 0.3) is 0 Å². The summed E-state index contributed by atoms with van der Waals surface area (Å²) in [5.41, 5.74) is 0. The highest BCUT2D eigenvalue weighted by Crippen LogP contribution is 2.24. The molecule has 0 spiro atoms. The van der Waals surface area contributed by atoms with Gasteiger partial charge in [-0.25, -0.2) is 4.98 Å². The van der Waals surface area contributed by atoms with Crippen LogP contribution in [0.1, 0.15) is 40.7 Å². The summed E-state index contributed by atoms with van der Waals surface area (Å²) in [5.74, 6) is 0. The maximum Gasteiger partial charge on any atom is 0.109 e. The summed E-state index contributed by atoms with van der Waals surface area (Å²) < 4.78 is 0. The predicted molar refractivity (Wildman–Crippen MR) is 71.1 cm³/mol. The van der Waals surface area contributed by atoms with Crippen molar-refractivity contribution in [2.45, 2.75) is 32.9 Å². The van der Waals surface area contributed by atoms with Crippen molar-refractivity contribution in [1.82, 2.24) is 10.3 Å². The smallest absolute Gasteiger partial charge is 0.109 e. The number of aryl methyl sites for hydroxylation is 1. The summed E-state index contributed by atoms with van der Waals surface area (Å²) in [5, 5.41) is 6.85. The van der Waals surface area contributed by atoms with Gasteiger partial charge in [0, 0.05) is 22.0 Å². The number of rotatable bonds is 4. The topological polar surface area (TPSA) is 24.9 Å². The van der Waals surface area contributed by atoms with Crippen LogP contribution in [0.3, 0.4) is 0 Å². The molecule has 4 heteroatoms. The summed E-state index contributed by atoms with van der Waals surface area (Å²) in [4.78, 5) is 7.06. The molecule has 0 aromatic carbocycles. The Labute approximate surface area is 104 Å². The van der Waals surface area contributed by atoms with Crippen LogP contribution in [-0.2, 0) is 0 Å². The van der Waals surface area contributed by atoms with Gasteiger partial charge in [0.05, 0.1) is 6.04 Å². The number of thiazole rings is 1. The van der Waals surface area contributed by atoms with Crippen molar-refractivity contribution in [2.24, 2.45) is 0 Å². The van der Waals surface area contributed by atoms with Gasteiger partial charge in [-0.3, -0.25) is 0 Å². The largest absolute Gasteiger partial charge is 0.301 e. The van der Waals surface area contributed by atoms with Gasteiger partial charge in [0.25, 0.3) is 0 Å². The molecule has 1 N–H and O–H groups in total. The summed E-state index contributed by atoms with van der Waals surface area (Å²) in [6.45, 7) is 6.46. The second-order valence-electron chi connectivity index (χ2n) is 3.93. The lowest BCUT2D eigenvalue weighted by molar-refractivity contribution is 0.498. The maximum absolute atomic E-state index is 4.41. The molecule has 0 bridgehead atoms. The van der Waals surface area contributed by atoms with Crippen molar-refractivity contribution in [2.75, 3.05) is 0 Å². The van der Waals surface area contributed by atoms with Gasteiger partial charge in [0.15, 0.2) is 0 Å². The summed E-state index contributed by atoms with van der Waals surface area (Å²) >= 11 is 3.56. The third kappa shape index (κ3) is 2.70. The van der Waals surface area contributed by atoms with Crippen molar-refractivity contribution >= 4 is 22.7 Å². The van der Waals surface area contributed by atoms with Crippen molar-refractivity contribution in [3.8, 4) is 0 Å². The number of nitrogens with zero attached hydrogens (tertiary/aromatic N) is 1. The normalized spacial score (nSPS) is 14.9. The lowest BCUT2D eigenvalue weighted by atomic mass is 10.2. The lowest BCUT2D eigenvalue weighted by Gasteiger charge is -2.17. The predicted octanol–water partition coefficient (Wildman–Crippen LogP) is 3.92. The van der Waals surface area contributed by atoms with Gasteiger partial charge in [0.1, 0.15) is 5.01 Å². The van der Waals surface area contributed by atoms with E-state index in [1.807, 2.05) is 6.20 Å². The molecule has 0 fully saturated rings. The number of aromatic nitrogens is 1. The Balaban J connectivity index is 2.00. The second kappa shape index (κ2) is 5.08. The number of hydrogen-bond donors (Lipinski definition) is 1. The maximum atomic E-state index is 4.41. The van der Waals surface area contributed by atoms with Crippen LogP contribution in [0.2, 0.25) is 0 Å². The molecule has 0 aliphatic carbocycles. The highest BCUT2D eigenvalue weighted by Gasteiger charge is 2.13. The van der Waals surface area contributed by atoms with Crippen LogP contribution in [0, 0.1) is 6.92 Å². The number of thiophene rings is 1. The van der Waals surface area contributed by atoms with Gasteiger partial charge in [-0.15, -0.1) is 22.7 Å². The van der Waals surface area contributed by atoms with E-state index >= 15 is 0 Å². The molecule has 2 nitrogen and oxygen atoms in total. The van der Waals surface area contributed by atoms with Crippen LogP contribution >= 0.6 is 22.7 Å². The minimum atomic E-state index is 0.316. The molecule has 2 atom stereocenters. The Morgan fingerprint density at radius 1 is 1.31 bits per heavy atom. The van der Waals surface area contributed by atoms with E-state index in [1.165, 1.54) is 14.8 Å². The van der Waals surface area contributed by atoms with E-state index in [2.05, 4.69) is 48.6 Å². The number of hydrogen-bond acceptors (Lipinski definition) is 4. The molecule has 0 amide bonds. The summed E-state index contributed by atoms with van der Waals surface area (Å²) in [6, 6.07) is 4.97. The van der Waals surface area contributed by atoms with Gasteiger partial charge < -0.3 is 5.32 Å². The molecule has 0 aliphatic heterocycles. The molecule has 0 saturated carbocycles. The zero-order chi connectivity index (χ0) is 11.5. The molecule has 86 valence electrons. The van der Waals surface area contributed by atoms with Gasteiger partial charge in [-0.2, -0.15) is 0 Å². The fourth-order valence-electron chi connectivity index (χ4n) is 1.64. The molecular formula is C12H16N2S2. The van der Waals surface area contributed by atoms with Crippen molar-refractivity contribution < 1.29 is 0 Å². The van der Waals surface area contributed by atoms with Crippen molar-refractivity contribution in [3.05, 3.63) is 38.5 Å². The first kappa shape index (κ1) is 11.8. The fourth-order valence-corrected chi connectivity index (χ4v) is 3.17. The zero-order valence-corrected chi connectivity index (χ0v) is 11.4. The first-order valence-electron chi connectivity index (χ1n) is 5.38. The molecule has 0 radical (unpaired) electrons. The van der Waals surface area contributed by atoms with E-state index in [9.17, 15) is 0 Å². The Kier molecular flexibility index (Phi) is 3.74. The van der Waals surface area contributed by atoms with Crippen LogP contribution in [-0.4, -0.2) is 4.98 Å². The average Bonchev–Trinajstić information content (AvgIpc) is 2.87. The molecule has 0 aliphatic rings. The fraction of sp³-hybridized carbons (Fsp3) is 0.417. The zero-order valence-electron chi connectivity index (χ0n) is 9.73. The lowest BCUT2D eigenvalue weighted by Crippen LogP contribution is -2.21. The minimum Gasteiger partial charge on any atom is -0.301 e. The van der Waals surface area contributed by atoms with Crippen LogP contribution in [0.4, 0.5) is 0 Å². The summed E-state index contributed by atoms with van der Waals surface area (Å²) in [7, 11) is 0. The monoisotopic (exact) mass is 252 g/mol. The first-order valence-corrected chi connectivity index (χ1v) is 7.08. The molecule has 0 saturated heterocycles. The highest BCUT2D eigenvalue weighted by atomic mass is 32.1. The Morgan fingerprint density at radius 2 is 2.12 bits per heavy atom. The van der Waals surface area contributed by atoms with E-state index in [0.29, 0.717) is 12.1 Å². The average molecular weight is 252 g/mol. The standard InChI is InChI=1S/C12H16N2S2/c1-8-7-13-12(16-8)10(3)14-9(2)11-5-4-6-15-11/h4-7,9-10,14H,1-3H3. The molecule has 2 heterocycles. The van der Waals surface area contributed by atoms with Crippen LogP contribution in [0.5, 0.6) is 0 Å². The molecule has 16 heavy (non-hydrogen) atoms. The Bertz CT molecular complexity index is 434. The quantitative estimate of drug-likeness (QED) is 0.892. The van der Waals surface area contributed by atoms with E-state index in [-0.39, 0.29) is 0 Å². The molecular weight excluding hydrogens is 236 g/mol. The Hall–Kier alpha value is -0.710. The van der Waals surface area contributed by atoms with E-state index in [1.54, 1.807) is 22.7 Å². The van der Waals surface area contributed by atoms with Crippen molar-refractivity contribution in [1.29, 1.82) is 0 Å². The first-order chi connectivity index (χ1) is 7.66. The number of nitrogens with one attached hydrogen (secondary N) is 1. The molecule has 2 unspecified atom stereocenters. The van der Waals surface area contributed by atoms with Gasteiger partial charge >= 0.3 is 0 Å².